The van der Waals surface area contributed by atoms with E-state index in [4.69, 9.17) is 16.2 Å². The molecule has 0 aromatic rings. The van der Waals surface area contributed by atoms with Gasteiger partial charge in [-0.15, -0.1) is 11.8 Å². The molecule has 72 valence electrons. The Balaban J connectivity index is 3.71. The molecule has 0 aliphatic heterocycles. The highest BCUT2D eigenvalue weighted by atomic mass is 16.5. The van der Waals surface area contributed by atoms with E-state index in [0.717, 1.165) is 12.2 Å². The Morgan fingerprint density at radius 2 is 2.08 bits per heavy atom. The first-order valence-corrected chi connectivity index (χ1v) is 4.08. The molecule has 0 unspecified atom stereocenters. The van der Waals surface area contributed by atoms with Crippen molar-refractivity contribution in [1.29, 1.82) is 0 Å². The van der Waals surface area contributed by atoms with Gasteiger partial charge in [0.25, 0.3) is 0 Å². The number of hydrogen-bond donors (Lipinski definition) is 2. The summed E-state index contributed by atoms with van der Waals surface area (Å²) in [6.07, 6.45) is 4.07. The Kier molecular flexibility index (Phi) is 6.26. The molecule has 0 aromatic carbocycles. The predicted molar refractivity (Wildman–Crippen MR) is 54.2 cm³/mol. The Morgan fingerprint density at radius 3 is 2.62 bits per heavy atom. The molecule has 0 radical (unpaired) electrons. The van der Waals surface area contributed by atoms with Crippen LogP contribution in [0.25, 0.3) is 0 Å². The Hall–Kier alpha value is -1.56. The minimum atomic E-state index is 0.274. The Bertz CT molecular complexity index is 252. The molecule has 0 bridgehead atoms. The molecule has 3 nitrogen and oxygen atoms in total. The zero-order chi connectivity index (χ0) is 10.1. The standard InChI is InChI=1S/C10H16N2O/c1-3-4-5-8-13-9(2)6-7-10(11)12/h6-7H,5,8,11-12H2,1-2H3/b9-6+. The minimum Gasteiger partial charge on any atom is -0.497 e. The summed E-state index contributed by atoms with van der Waals surface area (Å²) in [6, 6.07) is 0. The largest absolute Gasteiger partial charge is 0.497 e. The number of allylic oxidation sites excluding steroid dienone is 3. The molecule has 0 saturated carbocycles. The van der Waals surface area contributed by atoms with Crippen LogP contribution in [0.1, 0.15) is 20.3 Å². The molecule has 0 heterocycles. The second-order valence-electron chi connectivity index (χ2n) is 2.47. The van der Waals surface area contributed by atoms with Crippen LogP contribution in [0.4, 0.5) is 0 Å². The maximum Gasteiger partial charge on any atom is 0.0986 e. The fraction of sp³-hybridized carbons (Fsp3) is 0.400. The highest BCUT2D eigenvalue weighted by Crippen LogP contribution is 1.96. The maximum atomic E-state index is 5.30. The molecule has 0 spiro atoms. The topological polar surface area (TPSA) is 61.3 Å². The third-order valence-corrected chi connectivity index (χ3v) is 1.24. The fourth-order valence-electron chi connectivity index (χ4n) is 0.650. The van der Waals surface area contributed by atoms with Gasteiger partial charge in [0.2, 0.25) is 0 Å². The molecule has 0 saturated heterocycles. The van der Waals surface area contributed by atoms with Gasteiger partial charge in [-0.25, -0.2) is 0 Å². The number of hydrogen-bond acceptors (Lipinski definition) is 3. The van der Waals surface area contributed by atoms with Crippen LogP contribution in [0.2, 0.25) is 0 Å². The van der Waals surface area contributed by atoms with E-state index in [1.807, 2.05) is 6.92 Å². The summed E-state index contributed by atoms with van der Waals surface area (Å²) in [5.41, 5.74) is 10.5. The smallest absolute Gasteiger partial charge is 0.0986 e. The summed E-state index contributed by atoms with van der Waals surface area (Å²) in [5, 5.41) is 0. The zero-order valence-electron chi connectivity index (χ0n) is 8.13. The second-order valence-corrected chi connectivity index (χ2v) is 2.47. The third kappa shape index (κ3) is 8.35. The number of nitrogens with two attached hydrogens (primary N) is 2. The first kappa shape index (κ1) is 11.4. The second kappa shape index (κ2) is 7.11. The van der Waals surface area contributed by atoms with E-state index in [9.17, 15) is 0 Å². The van der Waals surface area contributed by atoms with Crippen molar-refractivity contribution in [3.05, 3.63) is 23.7 Å². The van der Waals surface area contributed by atoms with E-state index in [0.29, 0.717) is 6.61 Å². The molecule has 0 aliphatic carbocycles. The lowest BCUT2D eigenvalue weighted by Crippen LogP contribution is -2.06. The summed E-state index contributed by atoms with van der Waals surface area (Å²) in [4.78, 5) is 0. The molecule has 13 heavy (non-hydrogen) atoms. The van der Waals surface area contributed by atoms with Crippen molar-refractivity contribution >= 4 is 0 Å². The molecular weight excluding hydrogens is 164 g/mol. The van der Waals surface area contributed by atoms with Gasteiger partial charge in [-0.05, 0) is 26.0 Å². The van der Waals surface area contributed by atoms with Crippen LogP contribution in [-0.4, -0.2) is 6.61 Å². The van der Waals surface area contributed by atoms with Crippen molar-refractivity contribution in [2.24, 2.45) is 11.5 Å². The first-order chi connectivity index (χ1) is 6.16. The molecule has 0 aromatic heterocycles. The van der Waals surface area contributed by atoms with Gasteiger partial charge in [0.1, 0.15) is 0 Å². The molecule has 0 amide bonds. The van der Waals surface area contributed by atoms with E-state index in [-0.39, 0.29) is 5.82 Å². The highest BCUT2D eigenvalue weighted by Gasteiger charge is 1.86. The SMILES string of the molecule is CC#CCCO/C(C)=C/C=C(N)N. The fourth-order valence-corrected chi connectivity index (χ4v) is 0.650. The summed E-state index contributed by atoms with van der Waals surface area (Å²) in [7, 11) is 0. The van der Waals surface area contributed by atoms with Gasteiger partial charge in [0.15, 0.2) is 0 Å². The van der Waals surface area contributed by atoms with Gasteiger partial charge in [-0.1, -0.05) is 0 Å². The van der Waals surface area contributed by atoms with Crippen molar-refractivity contribution in [1.82, 2.24) is 0 Å². The summed E-state index contributed by atoms with van der Waals surface area (Å²) in [6.45, 7) is 4.25. The van der Waals surface area contributed by atoms with Crippen molar-refractivity contribution in [2.75, 3.05) is 6.61 Å². The minimum absolute atomic E-state index is 0.274. The summed E-state index contributed by atoms with van der Waals surface area (Å²) in [5.74, 6) is 6.75. The third-order valence-electron chi connectivity index (χ3n) is 1.24. The first-order valence-electron chi connectivity index (χ1n) is 4.08. The van der Waals surface area contributed by atoms with Crippen LogP contribution >= 0.6 is 0 Å². The van der Waals surface area contributed by atoms with Crippen molar-refractivity contribution in [3.63, 3.8) is 0 Å². The normalized spacial score (nSPS) is 9.85. The van der Waals surface area contributed by atoms with E-state index in [2.05, 4.69) is 11.8 Å². The van der Waals surface area contributed by atoms with Crippen LogP contribution in [0, 0.1) is 11.8 Å². The van der Waals surface area contributed by atoms with Crippen LogP contribution in [0.3, 0.4) is 0 Å². The van der Waals surface area contributed by atoms with Crippen LogP contribution in [-0.2, 0) is 4.74 Å². The zero-order valence-corrected chi connectivity index (χ0v) is 8.13. The summed E-state index contributed by atoms with van der Waals surface area (Å²) >= 11 is 0. The predicted octanol–water partition coefficient (Wildman–Crippen LogP) is 1.08. The Morgan fingerprint density at radius 1 is 1.38 bits per heavy atom. The van der Waals surface area contributed by atoms with Crippen LogP contribution < -0.4 is 11.5 Å². The lowest BCUT2D eigenvalue weighted by atomic mass is 10.4. The quantitative estimate of drug-likeness (QED) is 0.294. The molecule has 0 rings (SSSR count). The van der Waals surface area contributed by atoms with E-state index >= 15 is 0 Å². The van der Waals surface area contributed by atoms with E-state index < -0.39 is 0 Å². The van der Waals surface area contributed by atoms with Gasteiger partial charge in [-0.2, -0.15) is 0 Å². The van der Waals surface area contributed by atoms with Gasteiger partial charge in [0, 0.05) is 6.42 Å². The van der Waals surface area contributed by atoms with Gasteiger partial charge < -0.3 is 16.2 Å². The van der Waals surface area contributed by atoms with Gasteiger partial charge in [-0.3, -0.25) is 0 Å². The van der Waals surface area contributed by atoms with E-state index in [1.54, 1.807) is 19.1 Å². The van der Waals surface area contributed by atoms with Crippen LogP contribution in [0.15, 0.2) is 23.7 Å². The monoisotopic (exact) mass is 180 g/mol. The average Bonchev–Trinajstić information content (AvgIpc) is 2.09. The Labute approximate surface area is 79.4 Å². The lowest BCUT2D eigenvalue weighted by molar-refractivity contribution is 0.221. The van der Waals surface area contributed by atoms with Crippen molar-refractivity contribution in [3.8, 4) is 11.8 Å². The molecule has 3 heteroatoms. The maximum absolute atomic E-state index is 5.30. The number of ether oxygens (including phenoxy) is 1. The number of rotatable bonds is 4. The van der Waals surface area contributed by atoms with Crippen molar-refractivity contribution in [2.45, 2.75) is 20.3 Å². The van der Waals surface area contributed by atoms with Crippen LogP contribution in [0.5, 0.6) is 0 Å². The highest BCUT2D eigenvalue weighted by molar-refractivity contribution is 5.09. The molecular formula is C10H16N2O. The lowest BCUT2D eigenvalue weighted by Gasteiger charge is -2.01. The average molecular weight is 180 g/mol. The molecule has 0 aliphatic rings. The molecule has 0 fully saturated rings. The summed E-state index contributed by atoms with van der Waals surface area (Å²) < 4.78 is 5.30. The molecule has 4 N–H and O–H groups in total. The van der Waals surface area contributed by atoms with Crippen molar-refractivity contribution < 1.29 is 4.74 Å². The van der Waals surface area contributed by atoms with E-state index in [1.165, 1.54) is 0 Å². The van der Waals surface area contributed by atoms with Gasteiger partial charge in [0.05, 0.1) is 18.2 Å². The van der Waals surface area contributed by atoms with Gasteiger partial charge >= 0.3 is 0 Å². The molecule has 0 atom stereocenters.